The summed E-state index contributed by atoms with van der Waals surface area (Å²) in [7, 11) is 0. The molecule has 12 heteroatoms. The second-order valence-electron chi connectivity index (χ2n) is 12.5. The quantitative estimate of drug-likeness (QED) is 0.383. The average molecular weight is 597 g/mol. The summed E-state index contributed by atoms with van der Waals surface area (Å²) < 4.78 is 34.5. The first-order chi connectivity index (χ1) is 19.7. The number of hydrogen-bond donors (Lipinski definition) is 2. The van der Waals surface area contributed by atoms with Gasteiger partial charge in [-0.1, -0.05) is 19.9 Å². The molecule has 9 nitrogen and oxygen atoms in total. The first-order valence-corrected chi connectivity index (χ1v) is 14.7. The summed E-state index contributed by atoms with van der Waals surface area (Å²) >= 11 is 1.35. The maximum absolute atomic E-state index is 14.5. The second-order valence-corrected chi connectivity index (χ2v) is 13.4. The Kier molecular flexibility index (Phi) is 7.70. The van der Waals surface area contributed by atoms with E-state index in [0.717, 1.165) is 6.07 Å². The third-order valence-corrected chi connectivity index (χ3v) is 9.04. The fourth-order valence-electron chi connectivity index (χ4n) is 6.27. The van der Waals surface area contributed by atoms with Gasteiger partial charge in [0.2, 0.25) is 11.8 Å². The Hall–Kier alpha value is -3.69. The van der Waals surface area contributed by atoms with Crippen LogP contribution in [0.3, 0.4) is 0 Å². The lowest BCUT2D eigenvalue weighted by molar-refractivity contribution is -0.145. The molecule has 0 spiro atoms. The van der Waals surface area contributed by atoms with Crippen molar-refractivity contribution in [3.63, 3.8) is 0 Å². The van der Waals surface area contributed by atoms with Crippen LogP contribution < -0.4 is 10.6 Å². The molecule has 2 fully saturated rings. The molecule has 1 saturated carbocycles. The zero-order valence-corrected chi connectivity index (χ0v) is 25.1. The molecule has 3 aromatic rings. The van der Waals surface area contributed by atoms with Gasteiger partial charge in [0.15, 0.2) is 16.8 Å². The second kappa shape index (κ2) is 10.9. The number of hydrogen-bond acceptors (Lipinski definition) is 8. The number of nitriles is 1. The monoisotopic (exact) mass is 596 g/mol. The molecule has 1 saturated heterocycles. The fourth-order valence-corrected chi connectivity index (χ4v) is 6.84. The lowest BCUT2D eigenvalue weighted by Crippen LogP contribution is -2.57. The highest BCUT2D eigenvalue weighted by Crippen LogP contribution is 2.65. The minimum Gasteiger partial charge on any atom is -0.370 e. The number of carbonyl (C=O) groups is 2. The number of carbonyl (C=O) groups excluding carboxylic acids is 2. The summed E-state index contributed by atoms with van der Waals surface area (Å²) in [4.78, 5) is 38.0. The number of fused-ring (bicyclic) bond motifs is 2. The molecule has 5 rings (SSSR count). The molecule has 2 aromatic heterocycles. The summed E-state index contributed by atoms with van der Waals surface area (Å²) in [5.74, 6) is -2.92. The Morgan fingerprint density at radius 3 is 2.62 bits per heavy atom. The number of anilines is 1. The number of amides is 2. The maximum atomic E-state index is 14.5. The lowest BCUT2D eigenvalue weighted by atomic mass is 9.97. The van der Waals surface area contributed by atoms with Crippen LogP contribution >= 0.6 is 11.3 Å². The van der Waals surface area contributed by atoms with Gasteiger partial charge in [0, 0.05) is 41.5 Å². The smallest absolute Gasteiger partial charge is 0.248 e. The van der Waals surface area contributed by atoms with E-state index < -0.39 is 47.4 Å². The van der Waals surface area contributed by atoms with E-state index in [9.17, 15) is 23.6 Å². The van der Waals surface area contributed by atoms with Gasteiger partial charge in [0.1, 0.15) is 18.1 Å². The summed E-state index contributed by atoms with van der Waals surface area (Å²) in [6.45, 7) is 12.0. The van der Waals surface area contributed by atoms with E-state index in [1.165, 1.54) is 29.8 Å². The van der Waals surface area contributed by atoms with Crippen LogP contribution in [0, 0.1) is 40.2 Å². The van der Waals surface area contributed by atoms with Crippen LogP contribution in [0.2, 0.25) is 0 Å². The van der Waals surface area contributed by atoms with Crippen molar-refractivity contribution in [2.75, 3.05) is 11.9 Å². The number of aromatic nitrogens is 2. The molecular weight excluding hydrogens is 562 g/mol. The molecular formula is C30H34F2N6O3S. The molecule has 0 bridgehead atoms. The Balaban J connectivity index is 1.44. The van der Waals surface area contributed by atoms with E-state index in [4.69, 9.17) is 4.74 Å². The van der Waals surface area contributed by atoms with Gasteiger partial charge in [0.05, 0.1) is 17.8 Å². The SMILES string of the molecule is C[C@@H](OC(C)(C)C)[C@H](Nc1nccs1)C(=O)N1C[C@H]2[C@@H]([C@H]1C(=O)NC(C#N)c1cncc3c(F)c(F)ccc13)C2(C)C. The predicted molar refractivity (Wildman–Crippen MR) is 154 cm³/mol. The van der Waals surface area contributed by atoms with Crippen molar-refractivity contribution in [2.45, 2.75) is 71.4 Å². The predicted octanol–water partition coefficient (Wildman–Crippen LogP) is 4.82. The normalized spacial score (nSPS) is 23.0. The number of ether oxygens (including phenoxy) is 1. The molecule has 2 amide bonds. The topological polar surface area (TPSA) is 120 Å². The summed E-state index contributed by atoms with van der Waals surface area (Å²) in [5.41, 5.74) is -0.460. The van der Waals surface area contributed by atoms with E-state index in [2.05, 4.69) is 40.5 Å². The van der Waals surface area contributed by atoms with Crippen molar-refractivity contribution in [1.29, 1.82) is 5.26 Å². The highest BCUT2D eigenvalue weighted by Gasteiger charge is 2.69. The molecule has 222 valence electrons. The van der Waals surface area contributed by atoms with Crippen molar-refractivity contribution in [3.8, 4) is 6.07 Å². The van der Waals surface area contributed by atoms with Crippen molar-refractivity contribution in [3.05, 3.63) is 53.3 Å². The molecule has 1 aliphatic carbocycles. The molecule has 1 aromatic carbocycles. The molecule has 1 unspecified atom stereocenters. The molecule has 2 N–H and O–H groups in total. The summed E-state index contributed by atoms with van der Waals surface area (Å²) in [6, 6.07) is 1.53. The molecule has 0 radical (unpaired) electrons. The molecule has 3 heterocycles. The number of benzene rings is 1. The van der Waals surface area contributed by atoms with Crippen molar-refractivity contribution < 1.29 is 23.1 Å². The van der Waals surface area contributed by atoms with E-state index in [1.54, 1.807) is 16.5 Å². The minimum atomic E-state index is -1.20. The minimum absolute atomic E-state index is 0.0907. The highest BCUT2D eigenvalue weighted by atomic mass is 32.1. The molecule has 6 atom stereocenters. The van der Waals surface area contributed by atoms with E-state index in [0.29, 0.717) is 11.7 Å². The first kappa shape index (κ1) is 29.8. The lowest BCUT2D eigenvalue weighted by Gasteiger charge is -2.36. The van der Waals surface area contributed by atoms with Gasteiger partial charge in [-0.05, 0) is 56.4 Å². The van der Waals surface area contributed by atoms with E-state index in [-0.39, 0.29) is 39.5 Å². The van der Waals surface area contributed by atoms with Crippen molar-refractivity contribution >= 4 is 39.1 Å². The van der Waals surface area contributed by atoms with Gasteiger partial charge >= 0.3 is 0 Å². The van der Waals surface area contributed by atoms with Crippen LogP contribution in [0.5, 0.6) is 0 Å². The number of piperidine rings is 1. The van der Waals surface area contributed by atoms with Gasteiger partial charge < -0.3 is 20.3 Å². The standard InChI is InChI=1S/C30H34F2N6O3S/c1-15(41-29(2,3)4)24(37-28-35-9-10-42-28)27(40)38-14-19-22(30(19,5)6)25(38)26(39)36-21(11-33)17-12-34-13-18-16(17)7-8-20(31)23(18)32/h7-10,12-13,15,19,21-22,24-25H,14H2,1-6H3,(H,35,37)(H,36,39)/t15-,19+,21?,22+,24+,25+/m1/s1. The van der Waals surface area contributed by atoms with Gasteiger partial charge in [-0.25, -0.2) is 13.8 Å². The van der Waals surface area contributed by atoms with Crippen LogP contribution in [0.4, 0.5) is 13.9 Å². The van der Waals surface area contributed by atoms with E-state index >= 15 is 0 Å². The highest BCUT2D eigenvalue weighted by molar-refractivity contribution is 7.13. The number of thiazole rings is 1. The largest absolute Gasteiger partial charge is 0.370 e. The van der Waals surface area contributed by atoms with Crippen molar-refractivity contribution in [2.24, 2.45) is 17.3 Å². The van der Waals surface area contributed by atoms with E-state index in [1.807, 2.05) is 27.7 Å². The van der Waals surface area contributed by atoms with Crippen LogP contribution in [-0.4, -0.2) is 57.0 Å². The van der Waals surface area contributed by atoms with Crippen LogP contribution in [0.25, 0.3) is 10.8 Å². The van der Waals surface area contributed by atoms with Crippen LogP contribution in [-0.2, 0) is 14.3 Å². The summed E-state index contributed by atoms with van der Waals surface area (Å²) in [6.07, 6.45) is 3.62. The van der Waals surface area contributed by atoms with Gasteiger partial charge in [0.25, 0.3) is 0 Å². The van der Waals surface area contributed by atoms with Gasteiger partial charge in [-0.15, -0.1) is 11.3 Å². The zero-order chi connectivity index (χ0) is 30.6. The van der Waals surface area contributed by atoms with Crippen molar-refractivity contribution in [1.82, 2.24) is 20.2 Å². The Morgan fingerprint density at radius 2 is 1.98 bits per heavy atom. The Bertz CT molecular complexity index is 1550. The Morgan fingerprint density at radius 1 is 1.24 bits per heavy atom. The molecule has 2 aliphatic rings. The first-order valence-electron chi connectivity index (χ1n) is 13.8. The number of nitrogens with zero attached hydrogens (tertiary/aromatic N) is 4. The number of rotatable bonds is 8. The zero-order valence-electron chi connectivity index (χ0n) is 24.3. The number of nitrogens with one attached hydrogen (secondary N) is 2. The van der Waals surface area contributed by atoms with Gasteiger partial charge in [-0.2, -0.15) is 5.26 Å². The molecule has 42 heavy (non-hydrogen) atoms. The van der Waals surface area contributed by atoms with Crippen LogP contribution in [0.15, 0.2) is 36.1 Å². The average Bonchev–Trinajstić information content (AvgIpc) is 3.36. The van der Waals surface area contributed by atoms with Crippen LogP contribution in [0.1, 0.15) is 53.1 Å². The third-order valence-electron chi connectivity index (χ3n) is 8.33. The molecule has 1 aliphatic heterocycles. The van der Waals surface area contributed by atoms with Gasteiger partial charge in [-0.3, -0.25) is 14.6 Å². The maximum Gasteiger partial charge on any atom is 0.248 e. The Labute approximate surface area is 247 Å². The number of pyridine rings is 1. The number of likely N-dealkylation sites (tertiary alicyclic amines) is 1. The number of halogens is 2. The fraction of sp³-hybridized carbons (Fsp3) is 0.500. The summed E-state index contributed by atoms with van der Waals surface area (Å²) in [5, 5.41) is 18.6. The third kappa shape index (κ3) is 5.43.